The Morgan fingerprint density at radius 2 is 2.64 bits per heavy atom. The van der Waals surface area contributed by atoms with E-state index in [0.717, 1.165) is 11.7 Å². The number of rotatable bonds is 2. The molecule has 2 heterocycles. The van der Waals surface area contributed by atoms with Crippen LogP contribution in [-0.2, 0) is 4.74 Å². The SMILES string of the molecule is NC(=S)C1CN(c2nccs2)CCO1. The van der Waals surface area contributed by atoms with Gasteiger partial charge in [0.15, 0.2) is 5.13 Å². The number of nitrogens with zero attached hydrogens (tertiary/aromatic N) is 2. The number of hydrogen-bond acceptors (Lipinski definition) is 5. The van der Waals surface area contributed by atoms with Crippen LogP contribution in [0.3, 0.4) is 0 Å². The normalized spacial score (nSPS) is 22.3. The number of nitrogens with two attached hydrogens (primary N) is 1. The third-order valence-corrected chi connectivity index (χ3v) is 3.17. The predicted molar refractivity (Wildman–Crippen MR) is 60.9 cm³/mol. The molecule has 2 rings (SSSR count). The molecule has 0 amide bonds. The number of ether oxygens (including phenoxy) is 1. The molecule has 0 saturated carbocycles. The van der Waals surface area contributed by atoms with Crippen molar-refractivity contribution in [2.24, 2.45) is 5.73 Å². The lowest BCUT2D eigenvalue weighted by molar-refractivity contribution is 0.0847. The fraction of sp³-hybridized carbons (Fsp3) is 0.500. The summed E-state index contributed by atoms with van der Waals surface area (Å²) in [6, 6.07) is 0. The van der Waals surface area contributed by atoms with Crippen LogP contribution in [0.15, 0.2) is 11.6 Å². The average Bonchev–Trinajstić information content (AvgIpc) is 2.71. The second-order valence-electron chi connectivity index (χ2n) is 3.02. The number of morpholine rings is 1. The van der Waals surface area contributed by atoms with Gasteiger partial charge in [0.2, 0.25) is 0 Å². The van der Waals surface area contributed by atoms with Gasteiger partial charge in [0, 0.05) is 18.1 Å². The van der Waals surface area contributed by atoms with E-state index in [1.165, 1.54) is 0 Å². The third-order valence-electron chi connectivity index (χ3n) is 2.07. The van der Waals surface area contributed by atoms with Gasteiger partial charge in [-0.2, -0.15) is 0 Å². The van der Waals surface area contributed by atoms with Crippen molar-refractivity contribution in [1.82, 2.24) is 4.98 Å². The summed E-state index contributed by atoms with van der Waals surface area (Å²) in [5, 5.41) is 2.97. The Kier molecular flexibility index (Phi) is 2.95. The van der Waals surface area contributed by atoms with Crippen LogP contribution in [0, 0.1) is 0 Å². The van der Waals surface area contributed by atoms with Crippen molar-refractivity contribution in [2.45, 2.75) is 6.10 Å². The maximum atomic E-state index is 5.55. The van der Waals surface area contributed by atoms with Crippen molar-refractivity contribution in [3.63, 3.8) is 0 Å². The molecule has 0 bridgehead atoms. The Hall–Kier alpha value is -0.720. The lowest BCUT2D eigenvalue weighted by Gasteiger charge is -2.31. The van der Waals surface area contributed by atoms with E-state index >= 15 is 0 Å². The highest BCUT2D eigenvalue weighted by Crippen LogP contribution is 2.19. The predicted octanol–water partition coefficient (Wildman–Crippen LogP) is 0.634. The summed E-state index contributed by atoms with van der Waals surface area (Å²) in [4.78, 5) is 6.81. The van der Waals surface area contributed by atoms with Crippen LogP contribution in [0.25, 0.3) is 0 Å². The van der Waals surface area contributed by atoms with E-state index < -0.39 is 0 Å². The van der Waals surface area contributed by atoms with Gasteiger partial charge in [-0.1, -0.05) is 12.2 Å². The number of aromatic nitrogens is 1. The number of thiazole rings is 1. The van der Waals surface area contributed by atoms with Crippen LogP contribution >= 0.6 is 23.6 Å². The van der Waals surface area contributed by atoms with Gasteiger partial charge >= 0.3 is 0 Å². The van der Waals surface area contributed by atoms with Crippen molar-refractivity contribution in [3.8, 4) is 0 Å². The Bertz CT molecular complexity index is 314. The highest BCUT2D eigenvalue weighted by atomic mass is 32.1. The Morgan fingerprint density at radius 1 is 1.79 bits per heavy atom. The molecule has 76 valence electrons. The molecule has 0 aliphatic carbocycles. The maximum absolute atomic E-state index is 5.55. The Morgan fingerprint density at radius 3 is 3.29 bits per heavy atom. The van der Waals surface area contributed by atoms with Gasteiger partial charge < -0.3 is 15.4 Å². The fourth-order valence-electron chi connectivity index (χ4n) is 1.37. The van der Waals surface area contributed by atoms with E-state index in [1.807, 2.05) is 5.38 Å². The summed E-state index contributed by atoms with van der Waals surface area (Å²) in [7, 11) is 0. The van der Waals surface area contributed by atoms with Gasteiger partial charge in [0.1, 0.15) is 11.1 Å². The van der Waals surface area contributed by atoms with Gasteiger partial charge in [0.25, 0.3) is 0 Å². The van der Waals surface area contributed by atoms with Gasteiger partial charge in [-0.15, -0.1) is 11.3 Å². The van der Waals surface area contributed by atoms with Crippen LogP contribution in [0.5, 0.6) is 0 Å². The largest absolute Gasteiger partial charge is 0.391 e. The molecule has 1 aliphatic heterocycles. The zero-order valence-corrected chi connectivity index (χ0v) is 9.18. The van der Waals surface area contributed by atoms with Gasteiger partial charge in [-0.3, -0.25) is 0 Å². The van der Waals surface area contributed by atoms with Crippen molar-refractivity contribution in [1.29, 1.82) is 0 Å². The minimum atomic E-state index is -0.136. The highest BCUT2D eigenvalue weighted by molar-refractivity contribution is 7.80. The molecule has 1 aromatic rings. The first kappa shape index (κ1) is 9.82. The minimum absolute atomic E-state index is 0.136. The zero-order chi connectivity index (χ0) is 9.97. The number of thiocarbonyl (C=S) groups is 1. The lowest BCUT2D eigenvalue weighted by Crippen LogP contribution is -2.47. The standard InChI is InChI=1S/C8H11N3OS2/c9-7(13)6-5-11(2-3-12-6)8-10-1-4-14-8/h1,4,6H,2-3,5H2,(H2,9,13). The van der Waals surface area contributed by atoms with E-state index in [4.69, 9.17) is 22.7 Å². The molecule has 1 aliphatic rings. The van der Waals surface area contributed by atoms with Crippen molar-refractivity contribution in [2.75, 3.05) is 24.6 Å². The molecule has 6 heteroatoms. The van der Waals surface area contributed by atoms with E-state index in [2.05, 4.69) is 9.88 Å². The van der Waals surface area contributed by atoms with Crippen molar-refractivity contribution in [3.05, 3.63) is 11.6 Å². The second-order valence-corrected chi connectivity index (χ2v) is 4.37. The average molecular weight is 229 g/mol. The minimum Gasteiger partial charge on any atom is -0.391 e. The second kappa shape index (κ2) is 4.20. The molecule has 1 saturated heterocycles. The van der Waals surface area contributed by atoms with Gasteiger partial charge in [-0.05, 0) is 0 Å². The first-order valence-corrected chi connectivity index (χ1v) is 5.61. The molecule has 0 spiro atoms. The molecule has 1 unspecified atom stereocenters. The van der Waals surface area contributed by atoms with Gasteiger partial charge in [-0.25, -0.2) is 4.98 Å². The van der Waals surface area contributed by atoms with E-state index in [1.54, 1.807) is 17.5 Å². The summed E-state index contributed by atoms with van der Waals surface area (Å²) >= 11 is 6.53. The molecule has 2 N–H and O–H groups in total. The molecule has 1 aromatic heterocycles. The molecular weight excluding hydrogens is 218 g/mol. The molecule has 0 aromatic carbocycles. The summed E-state index contributed by atoms with van der Waals surface area (Å²) < 4.78 is 5.44. The molecule has 0 radical (unpaired) electrons. The first-order chi connectivity index (χ1) is 6.77. The summed E-state index contributed by atoms with van der Waals surface area (Å²) in [5.74, 6) is 0. The third kappa shape index (κ3) is 2.02. The van der Waals surface area contributed by atoms with E-state index in [0.29, 0.717) is 18.1 Å². The van der Waals surface area contributed by atoms with Crippen LogP contribution in [-0.4, -0.2) is 35.8 Å². The quantitative estimate of drug-likeness (QED) is 0.754. The summed E-state index contributed by atoms with van der Waals surface area (Å²) in [5.41, 5.74) is 5.55. The van der Waals surface area contributed by atoms with Crippen LogP contribution in [0.2, 0.25) is 0 Å². The Labute approximate surface area is 91.7 Å². The smallest absolute Gasteiger partial charge is 0.185 e. The summed E-state index contributed by atoms with van der Waals surface area (Å²) in [6.45, 7) is 2.22. The first-order valence-electron chi connectivity index (χ1n) is 4.33. The maximum Gasteiger partial charge on any atom is 0.185 e. The topological polar surface area (TPSA) is 51.4 Å². The van der Waals surface area contributed by atoms with Gasteiger partial charge in [0.05, 0.1) is 13.2 Å². The molecule has 1 fully saturated rings. The lowest BCUT2D eigenvalue weighted by atomic mass is 10.3. The van der Waals surface area contributed by atoms with Crippen molar-refractivity contribution < 1.29 is 4.74 Å². The zero-order valence-electron chi connectivity index (χ0n) is 7.55. The van der Waals surface area contributed by atoms with E-state index in [9.17, 15) is 0 Å². The van der Waals surface area contributed by atoms with Crippen LogP contribution in [0.4, 0.5) is 5.13 Å². The molecule has 14 heavy (non-hydrogen) atoms. The van der Waals surface area contributed by atoms with Crippen molar-refractivity contribution >= 4 is 33.7 Å². The molecule has 1 atom stereocenters. The highest BCUT2D eigenvalue weighted by Gasteiger charge is 2.23. The molecular formula is C8H11N3OS2. The number of hydrogen-bond donors (Lipinski definition) is 1. The molecule has 4 nitrogen and oxygen atoms in total. The summed E-state index contributed by atoms with van der Waals surface area (Å²) in [6.07, 6.45) is 1.66. The van der Waals surface area contributed by atoms with E-state index in [-0.39, 0.29) is 6.10 Å². The van der Waals surface area contributed by atoms with Crippen LogP contribution in [0.1, 0.15) is 0 Å². The number of anilines is 1. The Balaban J connectivity index is 2.04. The van der Waals surface area contributed by atoms with Crippen LogP contribution < -0.4 is 10.6 Å². The monoisotopic (exact) mass is 229 g/mol. The fourth-order valence-corrected chi connectivity index (χ4v) is 2.19.